The summed E-state index contributed by atoms with van der Waals surface area (Å²) in [5.74, 6) is 1.91. The van der Waals surface area contributed by atoms with E-state index in [1.165, 1.54) is 6.42 Å². The molecule has 0 aliphatic carbocycles. The van der Waals surface area contributed by atoms with E-state index in [0.29, 0.717) is 5.25 Å². The van der Waals surface area contributed by atoms with E-state index in [-0.39, 0.29) is 6.04 Å². The van der Waals surface area contributed by atoms with Crippen molar-refractivity contribution >= 4 is 11.8 Å². The van der Waals surface area contributed by atoms with Gasteiger partial charge < -0.3 is 10.1 Å². The molecular formula is C15H26N2OS. The van der Waals surface area contributed by atoms with Gasteiger partial charge in [-0.2, -0.15) is 11.8 Å². The monoisotopic (exact) mass is 282 g/mol. The maximum Gasteiger partial charge on any atom is 0.142 e. The summed E-state index contributed by atoms with van der Waals surface area (Å²) in [5.41, 5.74) is 1.02. The Morgan fingerprint density at radius 1 is 1.42 bits per heavy atom. The van der Waals surface area contributed by atoms with Crippen LogP contribution in [0, 0.1) is 0 Å². The number of methoxy groups -OCH3 is 1. The molecule has 0 saturated heterocycles. The Balaban J connectivity index is 2.76. The Hall–Kier alpha value is -0.740. The maximum atomic E-state index is 5.43. The lowest BCUT2D eigenvalue weighted by Crippen LogP contribution is -2.26. The number of nitrogens with zero attached hydrogens (tertiary/aromatic N) is 1. The number of ether oxygens (including phenoxy) is 1. The van der Waals surface area contributed by atoms with E-state index in [4.69, 9.17) is 4.74 Å². The molecule has 1 aromatic rings. The second-order valence-corrected chi connectivity index (χ2v) is 6.12. The van der Waals surface area contributed by atoms with Gasteiger partial charge in [0.2, 0.25) is 0 Å². The first-order valence-electron chi connectivity index (χ1n) is 7.06. The summed E-state index contributed by atoms with van der Waals surface area (Å²) < 4.78 is 5.43. The summed E-state index contributed by atoms with van der Waals surface area (Å²) in [6, 6.07) is 4.16. The van der Waals surface area contributed by atoms with Crippen LogP contribution >= 0.6 is 11.8 Å². The van der Waals surface area contributed by atoms with Gasteiger partial charge in [0.25, 0.3) is 0 Å². The molecule has 4 heteroatoms. The minimum atomic E-state index is 0.259. The van der Waals surface area contributed by atoms with Gasteiger partial charge in [-0.1, -0.05) is 20.8 Å². The minimum absolute atomic E-state index is 0.259. The van der Waals surface area contributed by atoms with E-state index in [9.17, 15) is 0 Å². The third-order valence-corrected chi connectivity index (χ3v) is 4.54. The molecular weight excluding hydrogens is 256 g/mol. The van der Waals surface area contributed by atoms with Crippen LogP contribution in [0.2, 0.25) is 0 Å². The second kappa shape index (κ2) is 9.21. The van der Waals surface area contributed by atoms with Crippen LogP contribution in [0.3, 0.4) is 0 Å². The van der Waals surface area contributed by atoms with Crippen molar-refractivity contribution in [3.63, 3.8) is 0 Å². The molecule has 2 atom stereocenters. The number of hydrogen-bond donors (Lipinski definition) is 1. The van der Waals surface area contributed by atoms with Crippen molar-refractivity contribution in [2.75, 3.05) is 19.4 Å². The number of thioether (sulfide) groups is 1. The Morgan fingerprint density at radius 3 is 2.84 bits per heavy atom. The van der Waals surface area contributed by atoms with Crippen molar-refractivity contribution in [1.29, 1.82) is 0 Å². The number of hydrogen-bond acceptors (Lipinski definition) is 4. The smallest absolute Gasteiger partial charge is 0.142 e. The zero-order valence-corrected chi connectivity index (χ0v) is 13.3. The highest BCUT2D eigenvalue weighted by atomic mass is 32.2. The van der Waals surface area contributed by atoms with Crippen LogP contribution in [-0.4, -0.2) is 29.6 Å². The molecule has 0 aliphatic rings. The van der Waals surface area contributed by atoms with Crippen LogP contribution in [0.15, 0.2) is 18.3 Å². The van der Waals surface area contributed by atoms with Gasteiger partial charge in [-0.05, 0) is 31.5 Å². The summed E-state index contributed by atoms with van der Waals surface area (Å²) in [4.78, 5) is 4.51. The van der Waals surface area contributed by atoms with E-state index in [2.05, 4.69) is 31.1 Å². The lowest BCUT2D eigenvalue weighted by Gasteiger charge is -2.21. The number of pyridine rings is 1. The van der Waals surface area contributed by atoms with Gasteiger partial charge in [0.05, 0.1) is 18.8 Å². The lowest BCUT2D eigenvalue weighted by molar-refractivity contribution is 0.398. The van der Waals surface area contributed by atoms with E-state index < -0.39 is 0 Å². The molecule has 108 valence electrons. The van der Waals surface area contributed by atoms with Crippen LogP contribution in [0.4, 0.5) is 0 Å². The number of nitrogens with one attached hydrogen (secondary N) is 1. The van der Waals surface area contributed by atoms with Crippen molar-refractivity contribution in [3.05, 3.63) is 24.0 Å². The predicted octanol–water partition coefficient (Wildman–Crippen LogP) is 3.66. The molecule has 0 fully saturated rings. The molecule has 0 aromatic carbocycles. The quantitative estimate of drug-likeness (QED) is 0.749. The molecule has 0 radical (unpaired) electrons. The third kappa shape index (κ3) is 5.41. The van der Waals surface area contributed by atoms with Gasteiger partial charge in [-0.15, -0.1) is 0 Å². The zero-order valence-electron chi connectivity index (χ0n) is 12.5. The highest BCUT2D eigenvalue weighted by Crippen LogP contribution is 2.27. The van der Waals surface area contributed by atoms with Crippen LogP contribution in [0.25, 0.3) is 0 Å². The van der Waals surface area contributed by atoms with Gasteiger partial charge in [-0.3, -0.25) is 4.98 Å². The Labute approximate surface area is 121 Å². The van der Waals surface area contributed by atoms with Crippen molar-refractivity contribution < 1.29 is 4.74 Å². The molecule has 3 nitrogen and oxygen atoms in total. The topological polar surface area (TPSA) is 34.2 Å². The van der Waals surface area contributed by atoms with Crippen LogP contribution < -0.4 is 10.1 Å². The standard InChI is InChI=1S/C15H26N2OS/c1-5-9-16-13(11-19-12(3)6-2)15-14(18-4)8-7-10-17-15/h7-8,10,12-13,16H,5-6,9,11H2,1-4H3. The summed E-state index contributed by atoms with van der Waals surface area (Å²) >= 11 is 1.99. The number of aromatic nitrogens is 1. The van der Waals surface area contributed by atoms with E-state index >= 15 is 0 Å². The summed E-state index contributed by atoms with van der Waals surface area (Å²) in [5, 5.41) is 4.26. The van der Waals surface area contributed by atoms with E-state index in [1.54, 1.807) is 7.11 Å². The molecule has 19 heavy (non-hydrogen) atoms. The van der Waals surface area contributed by atoms with Crippen molar-refractivity contribution in [2.24, 2.45) is 0 Å². The van der Waals surface area contributed by atoms with Crippen LogP contribution in [-0.2, 0) is 0 Å². The largest absolute Gasteiger partial charge is 0.495 e. The van der Waals surface area contributed by atoms with Gasteiger partial charge in [0.15, 0.2) is 0 Å². The second-order valence-electron chi connectivity index (χ2n) is 4.65. The van der Waals surface area contributed by atoms with Gasteiger partial charge in [0, 0.05) is 17.2 Å². The average Bonchev–Trinajstić information content (AvgIpc) is 2.47. The van der Waals surface area contributed by atoms with E-state index in [1.807, 2.05) is 30.1 Å². The fourth-order valence-electron chi connectivity index (χ4n) is 1.77. The molecule has 0 aliphatic heterocycles. The maximum absolute atomic E-state index is 5.43. The lowest BCUT2D eigenvalue weighted by atomic mass is 10.2. The van der Waals surface area contributed by atoms with Crippen molar-refractivity contribution in [2.45, 2.75) is 44.9 Å². The van der Waals surface area contributed by atoms with Gasteiger partial charge in [-0.25, -0.2) is 0 Å². The first-order chi connectivity index (χ1) is 9.22. The summed E-state index contributed by atoms with van der Waals surface area (Å²) in [7, 11) is 1.71. The molecule has 0 amide bonds. The molecule has 0 bridgehead atoms. The Bertz CT molecular complexity index is 360. The highest BCUT2D eigenvalue weighted by molar-refractivity contribution is 7.99. The molecule has 0 spiro atoms. The predicted molar refractivity (Wildman–Crippen MR) is 84.0 cm³/mol. The molecule has 1 N–H and O–H groups in total. The minimum Gasteiger partial charge on any atom is -0.495 e. The highest BCUT2D eigenvalue weighted by Gasteiger charge is 2.17. The van der Waals surface area contributed by atoms with Crippen LogP contribution in [0.5, 0.6) is 5.75 Å². The average molecular weight is 282 g/mol. The molecule has 1 heterocycles. The van der Waals surface area contributed by atoms with Gasteiger partial charge in [0.1, 0.15) is 5.75 Å². The Morgan fingerprint density at radius 2 is 2.21 bits per heavy atom. The van der Waals surface area contributed by atoms with Crippen molar-refractivity contribution in [3.8, 4) is 5.75 Å². The number of rotatable bonds is 9. The molecule has 1 rings (SSSR count). The first kappa shape index (κ1) is 16.3. The SMILES string of the molecule is CCCNC(CSC(C)CC)c1ncccc1OC. The fraction of sp³-hybridized carbons (Fsp3) is 0.667. The van der Waals surface area contributed by atoms with E-state index in [0.717, 1.165) is 30.2 Å². The fourth-order valence-corrected chi connectivity index (χ4v) is 2.80. The Kier molecular flexibility index (Phi) is 7.91. The zero-order chi connectivity index (χ0) is 14.1. The third-order valence-electron chi connectivity index (χ3n) is 3.11. The molecule has 2 unspecified atom stereocenters. The van der Waals surface area contributed by atoms with Gasteiger partial charge >= 0.3 is 0 Å². The molecule has 0 saturated carbocycles. The summed E-state index contributed by atoms with van der Waals surface area (Å²) in [6.07, 6.45) is 4.16. The first-order valence-corrected chi connectivity index (χ1v) is 8.11. The van der Waals surface area contributed by atoms with Crippen molar-refractivity contribution in [1.82, 2.24) is 10.3 Å². The normalized spacial score (nSPS) is 14.1. The summed E-state index contributed by atoms with van der Waals surface area (Å²) in [6.45, 7) is 7.69. The molecule has 1 aromatic heterocycles. The van der Waals surface area contributed by atoms with Crippen LogP contribution in [0.1, 0.15) is 45.3 Å².